The Morgan fingerprint density at radius 3 is 2.22 bits per heavy atom. The number of aromatic nitrogens is 2. The summed E-state index contributed by atoms with van der Waals surface area (Å²) in [6.07, 6.45) is 3.44. The first-order valence-corrected chi connectivity index (χ1v) is 23.0. The van der Waals surface area contributed by atoms with Crippen LogP contribution in [0.2, 0.25) is 0 Å². The summed E-state index contributed by atoms with van der Waals surface area (Å²) in [5, 5.41) is 12.2. The summed E-state index contributed by atoms with van der Waals surface area (Å²) in [6.45, 7) is 3.39. The van der Waals surface area contributed by atoms with Crippen molar-refractivity contribution < 1.29 is 60.1 Å². The third-order valence-electron chi connectivity index (χ3n) is 11.9. The lowest BCUT2D eigenvalue weighted by atomic mass is 9.71. The summed E-state index contributed by atoms with van der Waals surface area (Å²) < 4.78 is 72.8. The van der Waals surface area contributed by atoms with E-state index in [1.165, 1.54) is 36.3 Å². The summed E-state index contributed by atoms with van der Waals surface area (Å²) in [7, 11) is -3.37. The molecule has 0 atom stereocenters. The molecule has 0 bridgehead atoms. The van der Waals surface area contributed by atoms with E-state index in [0.29, 0.717) is 60.2 Å². The highest BCUT2D eigenvalue weighted by atomic mass is 32.2. The van der Waals surface area contributed by atoms with Gasteiger partial charge >= 0.3 is 11.8 Å². The third-order valence-corrected chi connectivity index (χ3v) is 12.9. The molecule has 3 aliphatic rings. The number of H-pyrrole nitrogens is 1. The van der Waals surface area contributed by atoms with Crippen LogP contribution in [0.3, 0.4) is 0 Å². The van der Waals surface area contributed by atoms with Crippen LogP contribution < -0.4 is 35.5 Å². The molecule has 3 saturated heterocycles. The first-order chi connectivity index (χ1) is 32.1. The smallest absolute Gasteiger partial charge is 0.355 e. The van der Waals surface area contributed by atoms with Gasteiger partial charge in [-0.05, 0) is 73.6 Å². The van der Waals surface area contributed by atoms with Crippen LogP contribution in [0.15, 0.2) is 66.7 Å². The number of rotatable bonds is 19. The summed E-state index contributed by atoms with van der Waals surface area (Å²) in [6, 6.07) is 16.6. The number of halogens is 2. The molecule has 7 rings (SSSR count). The zero-order chi connectivity index (χ0) is 47.7. The van der Waals surface area contributed by atoms with Crippen molar-refractivity contribution in [2.24, 2.45) is 11.1 Å². The van der Waals surface area contributed by atoms with Gasteiger partial charge in [-0.2, -0.15) is 13.9 Å². The molecule has 23 heteroatoms. The first kappa shape index (κ1) is 48.1. The van der Waals surface area contributed by atoms with Crippen LogP contribution in [0, 0.1) is 5.41 Å². The van der Waals surface area contributed by atoms with Crippen molar-refractivity contribution in [3.63, 3.8) is 0 Å². The molecule has 3 aliphatic heterocycles. The van der Waals surface area contributed by atoms with E-state index < -0.39 is 27.7 Å². The molecule has 6 amide bonds. The molecule has 1 spiro atoms. The molecule has 0 saturated carbocycles. The van der Waals surface area contributed by atoms with Crippen molar-refractivity contribution in [1.82, 2.24) is 25.3 Å². The number of alkyl halides is 2. The van der Waals surface area contributed by atoms with Gasteiger partial charge in [0.15, 0.2) is 5.82 Å². The topological polar surface area (TPSA) is 257 Å². The molecule has 20 nitrogen and oxygen atoms in total. The van der Waals surface area contributed by atoms with E-state index in [1.54, 1.807) is 47.2 Å². The van der Waals surface area contributed by atoms with E-state index >= 15 is 0 Å². The SMILES string of the molecule is COc1ccc(C(=O)N2CCC3(CCN(C(=O)COCCOCCOc4cccc(Nc5n[nH]c(-c6ccc(NS(=O)(=O)C(F)F)cc6)c5C(N)=O)c4)CC3)CC2)cc1N1CCC(=O)NC1=O. The zero-order valence-corrected chi connectivity index (χ0v) is 37.4. The minimum Gasteiger partial charge on any atom is -0.495 e. The molecular weight excluding hydrogens is 901 g/mol. The Hall–Kier alpha value is -6.85. The number of benzene rings is 3. The fraction of sp³-hybridized carbons (Fsp3) is 0.409. The fourth-order valence-corrected chi connectivity index (χ4v) is 8.76. The molecule has 67 heavy (non-hydrogen) atoms. The molecule has 3 aromatic carbocycles. The molecular formula is C44H51F2N9O11S. The van der Waals surface area contributed by atoms with Gasteiger partial charge in [0.05, 0.1) is 38.3 Å². The number of primary amides is 1. The minimum absolute atomic E-state index is 0.00796. The number of carbonyl (C=O) groups is 5. The fourth-order valence-electron chi connectivity index (χ4n) is 8.21. The van der Waals surface area contributed by atoms with E-state index in [1.807, 2.05) is 9.80 Å². The lowest BCUT2D eigenvalue weighted by Crippen LogP contribution is -2.50. The molecule has 6 N–H and O–H groups in total. The number of carbonyl (C=O) groups excluding carboxylic acids is 5. The van der Waals surface area contributed by atoms with Gasteiger partial charge in [-0.15, -0.1) is 0 Å². The number of likely N-dealkylation sites (tertiary alicyclic amines) is 2. The number of nitrogens with two attached hydrogens (primary N) is 1. The maximum atomic E-state index is 13.6. The monoisotopic (exact) mass is 951 g/mol. The predicted octanol–water partition coefficient (Wildman–Crippen LogP) is 4.30. The number of nitrogens with zero attached hydrogens (tertiary/aromatic N) is 4. The van der Waals surface area contributed by atoms with Gasteiger partial charge in [-0.25, -0.2) is 13.2 Å². The van der Waals surface area contributed by atoms with E-state index in [2.05, 4.69) is 20.8 Å². The van der Waals surface area contributed by atoms with Crippen LogP contribution in [-0.4, -0.2) is 137 Å². The van der Waals surface area contributed by atoms with Crippen LogP contribution in [0.5, 0.6) is 11.5 Å². The lowest BCUT2D eigenvalue weighted by molar-refractivity contribution is -0.139. The maximum Gasteiger partial charge on any atom is 0.355 e. The number of ether oxygens (including phenoxy) is 4. The number of sulfonamides is 1. The molecule has 1 aromatic heterocycles. The predicted molar refractivity (Wildman–Crippen MR) is 240 cm³/mol. The molecule has 4 aromatic rings. The Morgan fingerprint density at radius 2 is 1.55 bits per heavy atom. The highest BCUT2D eigenvalue weighted by Crippen LogP contribution is 2.42. The highest BCUT2D eigenvalue weighted by Gasteiger charge is 2.40. The first-order valence-electron chi connectivity index (χ1n) is 21.5. The van der Waals surface area contributed by atoms with Gasteiger partial charge < -0.3 is 39.8 Å². The normalized spacial score (nSPS) is 16.2. The summed E-state index contributed by atoms with van der Waals surface area (Å²) in [5.74, 6) is -3.98. The number of hydrogen-bond acceptors (Lipinski definition) is 13. The number of urea groups is 1. The Balaban J connectivity index is 0.783. The number of aromatic amines is 1. The number of methoxy groups -OCH3 is 1. The van der Waals surface area contributed by atoms with Crippen LogP contribution >= 0.6 is 0 Å². The number of hydrogen-bond donors (Lipinski definition) is 5. The maximum absolute atomic E-state index is 13.6. The highest BCUT2D eigenvalue weighted by molar-refractivity contribution is 7.93. The zero-order valence-electron chi connectivity index (χ0n) is 36.6. The van der Waals surface area contributed by atoms with E-state index in [0.717, 1.165) is 25.7 Å². The van der Waals surface area contributed by atoms with Gasteiger partial charge in [0.25, 0.3) is 21.8 Å². The average Bonchev–Trinajstić information content (AvgIpc) is 3.74. The third kappa shape index (κ3) is 11.8. The van der Waals surface area contributed by atoms with Crippen LogP contribution in [-0.2, 0) is 29.1 Å². The molecule has 0 radical (unpaired) electrons. The Morgan fingerprint density at radius 1 is 0.866 bits per heavy atom. The van der Waals surface area contributed by atoms with Gasteiger partial charge in [-0.3, -0.25) is 39.2 Å². The Kier molecular flexibility index (Phi) is 15.2. The van der Waals surface area contributed by atoms with Gasteiger partial charge in [0.1, 0.15) is 30.3 Å². The summed E-state index contributed by atoms with van der Waals surface area (Å²) in [4.78, 5) is 68.3. The Bertz CT molecular complexity index is 2560. The number of anilines is 4. The second-order valence-electron chi connectivity index (χ2n) is 16.2. The minimum atomic E-state index is -4.86. The van der Waals surface area contributed by atoms with Crippen molar-refractivity contribution >= 4 is 62.6 Å². The van der Waals surface area contributed by atoms with Crippen LogP contribution in [0.1, 0.15) is 52.8 Å². The van der Waals surface area contributed by atoms with Crippen molar-refractivity contribution in [3.05, 3.63) is 77.9 Å². The molecule has 3 fully saturated rings. The lowest BCUT2D eigenvalue weighted by Gasteiger charge is -2.46. The van der Waals surface area contributed by atoms with Gasteiger partial charge in [0.2, 0.25) is 11.8 Å². The van der Waals surface area contributed by atoms with Crippen molar-refractivity contribution in [1.29, 1.82) is 0 Å². The number of imide groups is 1. The summed E-state index contributed by atoms with van der Waals surface area (Å²) >= 11 is 0. The quantitative estimate of drug-likeness (QED) is 0.0824. The second kappa shape index (κ2) is 21.2. The number of piperidine rings is 2. The molecule has 358 valence electrons. The van der Waals surface area contributed by atoms with Crippen LogP contribution in [0.4, 0.5) is 36.5 Å². The second-order valence-corrected chi connectivity index (χ2v) is 17.8. The van der Waals surface area contributed by atoms with Crippen molar-refractivity contribution in [2.75, 3.05) is 87.8 Å². The Labute approximate surface area is 384 Å². The molecule has 4 heterocycles. The van der Waals surface area contributed by atoms with E-state index in [4.69, 9.17) is 24.7 Å². The largest absolute Gasteiger partial charge is 0.495 e. The van der Waals surface area contributed by atoms with Crippen molar-refractivity contribution in [3.8, 4) is 22.8 Å². The standard InChI is InChI=1S/C44H51F2N9O11S/c1-63-34-10-7-29(25-33(34)55-16-11-35(56)49-43(55)60)41(59)54-19-14-44(15-20-54)12-17-53(18-13-44)36(57)27-65-22-21-64-23-24-66-32-4-2-3-31(26-32)48-40-37(39(47)58)38(50-51-40)28-5-8-30(9-6-28)52-67(61,62)42(45)46/h2-10,25-26,42,52H,11-24,27H2,1H3,(H2,47,58)(H2,48,50,51)(H,49,56,60). The van der Waals surface area contributed by atoms with Crippen LogP contribution in [0.25, 0.3) is 11.3 Å². The van der Waals surface area contributed by atoms with Gasteiger partial charge in [0, 0.05) is 67.7 Å². The van der Waals surface area contributed by atoms with E-state index in [-0.39, 0.29) is 91.9 Å². The van der Waals surface area contributed by atoms with Gasteiger partial charge in [-0.1, -0.05) is 18.2 Å². The average molecular weight is 952 g/mol. The molecule has 0 unspecified atom stereocenters. The number of nitrogens with one attached hydrogen (secondary N) is 4. The molecule has 0 aliphatic carbocycles. The van der Waals surface area contributed by atoms with Crippen molar-refractivity contribution in [2.45, 2.75) is 37.9 Å². The van der Waals surface area contributed by atoms with E-state index in [9.17, 15) is 41.2 Å². The summed E-state index contributed by atoms with van der Waals surface area (Å²) in [5.41, 5.74) is 7.61. The number of amides is 6.